The third-order valence-corrected chi connectivity index (χ3v) is 5.98. The van der Waals surface area contributed by atoms with Gasteiger partial charge >= 0.3 is 0 Å². The molecule has 106 valence electrons. The summed E-state index contributed by atoms with van der Waals surface area (Å²) in [5.41, 5.74) is 2.12. The van der Waals surface area contributed by atoms with Crippen molar-refractivity contribution in [2.24, 2.45) is 0 Å². The SMILES string of the molecule is Cc1ccccc1CS(=O)C(C)C(=O)c1ccc(Cl)s1. The second kappa shape index (κ2) is 6.66. The van der Waals surface area contributed by atoms with Crippen LogP contribution in [-0.4, -0.2) is 15.2 Å². The molecule has 0 aliphatic rings. The molecule has 2 atom stereocenters. The van der Waals surface area contributed by atoms with E-state index in [9.17, 15) is 9.00 Å². The summed E-state index contributed by atoms with van der Waals surface area (Å²) in [6.45, 7) is 3.70. The molecule has 0 amide bonds. The van der Waals surface area contributed by atoms with Crippen molar-refractivity contribution in [2.75, 3.05) is 0 Å². The summed E-state index contributed by atoms with van der Waals surface area (Å²) in [4.78, 5) is 12.8. The van der Waals surface area contributed by atoms with Crippen molar-refractivity contribution in [3.8, 4) is 0 Å². The van der Waals surface area contributed by atoms with Crippen LogP contribution in [0.5, 0.6) is 0 Å². The van der Waals surface area contributed by atoms with Gasteiger partial charge in [0.2, 0.25) is 0 Å². The first-order valence-electron chi connectivity index (χ1n) is 6.20. The molecule has 0 spiro atoms. The maximum atomic E-state index is 12.3. The zero-order chi connectivity index (χ0) is 14.7. The molecular weight excluding hydrogens is 312 g/mol. The molecule has 2 unspecified atom stereocenters. The number of thiophene rings is 1. The molecule has 0 aliphatic heterocycles. The van der Waals surface area contributed by atoms with Crippen molar-refractivity contribution in [1.29, 1.82) is 0 Å². The van der Waals surface area contributed by atoms with Gasteiger partial charge in [-0.1, -0.05) is 35.9 Å². The van der Waals surface area contributed by atoms with Gasteiger partial charge in [0.25, 0.3) is 0 Å². The summed E-state index contributed by atoms with van der Waals surface area (Å²) < 4.78 is 12.9. The number of aryl methyl sites for hydroxylation is 1. The Kier molecular flexibility index (Phi) is 5.13. The number of benzene rings is 1. The Labute approximate surface area is 130 Å². The summed E-state index contributed by atoms with van der Waals surface area (Å²) in [7, 11) is -1.23. The molecule has 0 saturated heterocycles. The van der Waals surface area contributed by atoms with Gasteiger partial charge in [0, 0.05) is 16.6 Å². The minimum absolute atomic E-state index is 0.103. The molecule has 2 aromatic rings. The van der Waals surface area contributed by atoms with Crippen LogP contribution in [0.1, 0.15) is 27.7 Å². The smallest absolute Gasteiger partial charge is 0.188 e. The summed E-state index contributed by atoms with van der Waals surface area (Å²) >= 11 is 7.06. The van der Waals surface area contributed by atoms with Crippen molar-refractivity contribution < 1.29 is 9.00 Å². The minimum atomic E-state index is -1.23. The fraction of sp³-hybridized carbons (Fsp3) is 0.267. The van der Waals surface area contributed by atoms with Crippen LogP contribution in [0.3, 0.4) is 0 Å². The fourth-order valence-electron chi connectivity index (χ4n) is 1.82. The molecule has 20 heavy (non-hydrogen) atoms. The van der Waals surface area contributed by atoms with Gasteiger partial charge in [0.15, 0.2) is 5.78 Å². The van der Waals surface area contributed by atoms with Gasteiger partial charge < -0.3 is 0 Å². The van der Waals surface area contributed by atoms with Crippen LogP contribution in [0.15, 0.2) is 36.4 Å². The zero-order valence-electron chi connectivity index (χ0n) is 11.3. The standard InChI is InChI=1S/C15H15ClO2S2/c1-10-5-3-4-6-12(10)9-20(18)11(2)15(17)13-7-8-14(16)19-13/h3-8,11H,9H2,1-2H3. The maximum Gasteiger partial charge on any atom is 0.188 e. The number of rotatable bonds is 5. The lowest BCUT2D eigenvalue weighted by Gasteiger charge is -2.11. The first-order valence-corrected chi connectivity index (χ1v) is 8.78. The third-order valence-electron chi connectivity index (χ3n) is 3.14. The predicted octanol–water partition coefficient (Wildman–Crippen LogP) is 4.23. The molecule has 2 nitrogen and oxygen atoms in total. The lowest BCUT2D eigenvalue weighted by atomic mass is 10.1. The molecular formula is C15H15ClO2S2. The van der Waals surface area contributed by atoms with Gasteiger partial charge in [-0.25, -0.2) is 0 Å². The second-order valence-corrected chi connectivity index (χ2v) is 8.03. The summed E-state index contributed by atoms with van der Waals surface area (Å²) in [6.07, 6.45) is 0. The number of carbonyl (C=O) groups is 1. The van der Waals surface area contributed by atoms with Gasteiger partial charge in [0.05, 0.1) is 14.5 Å². The fourth-order valence-corrected chi connectivity index (χ4v) is 4.21. The molecule has 5 heteroatoms. The van der Waals surface area contributed by atoms with Crippen LogP contribution in [0.2, 0.25) is 4.34 Å². The van der Waals surface area contributed by atoms with Crippen LogP contribution < -0.4 is 0 Å². The Morgan fingerprint density at radius 3 is 2.60 bits per heavy atom. The number of hydrogen-bond donors (Lipinski definition) is 0. The van der Waals surface area contributed by atoms with E-state index >= 15 is 0 Å². The molecule has 1 aromatic heterocycles. The average Bonchev–Trinajstić information content (AvgIpc) is 2.86. The van der Waals surface area contributed by atoms with Crippen molar-refractivity contribution >= 4 is 39.5 Å². The molecule has 0 fully saturated rings. The van der Waals surface area contributed by atoms with Crippen molar-refractivity contribution in [3.63, 3.8) is 0 Å². The molecule has 1 aromatic carbocycles. The summed E-state index contributed by atoms with van der Waals surface area (Å²) in [5, 5.41) is -0.524. The van der Waals surface area contributed by atoms with Crippen LogP contribution in [-0.2, 0) is 16.6 Å². The van der Waals surface area contributed by atoms with Gasteiger partial charge in [-0.05, 0) is 37.1 Å². The molecule has 2 rings (SSSR count). The van der Waals surface area contributed by atoms with Crippen LogP contribution in [0, 0.1) is 6.92 Å². The molecule has 0 radical (unpaired) electrons. The molecule has 0 N–H and O–H groups in total. The zero-order valence-corrected chi connectivity index (χ0v) is 13.6. The van der Waals surface area contributed by atoms with E-state index in [1.54, 1.807) is 19.1 Å². The van der Waals surface area contributed by atoms with Crippen LogP contribution >= 0.6 is 22.9 Å². The lowest BCUT2D eigenvalue weighted by molar-refractivity contribution is 0.0996. The van der Waals surface area contributed by atoms with E-state index in [2.05, 4.69) is 0 Å². The summed E-state index contributed by atoms with van der Waals surface area (Å²) in [6, 6.07) is 11.2. The third kappa shape index (κ3) is 3.57. The first kappa shape index (κ1) is 15.4. The number of carbonyl (C=O) groups excluding carboxylic acids is 1. The van der Waals surface area contributed by atoms with Crippen molar-refractivity contribution in [3.05, 3.63) is 56.7 Å². The highest BCUT2D eigenvalue weighted by atomic mass is 35.5. The molecule has 0 aliphatic carbocycles. The van der Waals surface area contributed by atoms with Crippen LogP contribution in [0.25, 0.3) is 0 Å². The Morgan fingerprint density at radius 2 is 2.00 bits per heavy atom. The van der Waals surface area contributed by atoms with Crippen molar-refractivity contribution in [1.82, 2.24) is 0 Å². The minimum Gasteiger partial charge on any atom is -0.292 e. The normalized spacial score (nSPS) is 13.9. The second-order valence-electron chi connectivity index (χ2n) is 4.56. The van der Waals surface area contributed by atoms with Gasteiger partial charge in [0.1, 0.15) is 0 Å². The number of Topliss-reactive ketones (excluding diaryl/α,β-unsaturated/α-hetero) is 1. The first-order chi connectivity index (χ1) is 9.49. The molecule has 1 heterocycles. The van der Waals surface area contributed by atoms with Gasteiger partial charge in [-0.15, -0.1) is 11.3 Å². The Morgan fingerprint density at radius 1 is 1.30 bits per heavy atom. The highest BCUT2D eigenvalue weighted by Gasteiger charge is 2.23. The highest BCUT2D eigenvalue weighted by Crippen LogP contribution is 2.24. The Balaban J connectivity index is 2.09. The van der Waals surface area contributed by atoms with Crippen molar-refractivity contribution in [2.45, 2.75) is 24.9 Å². The monoisotopic (exact) mass is 326 g/mol. The topological polar surface area (TPSA) is 34.1 Å². The lowest BCUT2D eigenvalue weighted by Crippen LogP contribution is -2.23. The Bertz CT molecular complexity index is 649. The van der Waals surface area contributed by atoms with E-state index < -0.39 is 16.0 Å². The van der Waals surface area contributed by atoms with E-state index in [-0.39, 0.29) is 5.78 Å². The molecule has 0 bridgehead atoms. The molecule has 0 saturated carbocycles. The summed E-state index contributed by atoms with van der Waals surface area (Å²) in [5.74, 6) is 0.299. The highest BCUT2D eigenvalue weighted by molar-refractivity contribution is 7.85. The number of ketones is 1. The van der Waals surface area contributed by atoms with E-state index in [1.165, 1.54) is 11.3 Å². The van der Waals surface area contributed by atoms with Crippen LogP contribution in [0.4, 0.5) is 0 Å². The number of halogens is 1. The van der Waals surface area contributed by atoms with E-state index in [4.69, 9.17) is 11.6 Å². The van der Waals surface area contributed by atoms with Gasteiger partial charge in [-0.3, -0.25) is 9.00 Å². The number of hydrogen-bond acceptors (Lipinski definition) is 3. The van der Waals surface area contributed by atoms with E-state index in [0.717, 1.165) is 11.1 Å². The van der Waals surface area contributed by atoms with Gasteiger partial charge in [-0.2, -0.15) is 0 Å². The maximum absolute atomic E-state index is 12.3. The predicted molar refractivity (Wildman–Crippen MR) is 86.1 cm³/mol. The quantitative estimate of drug-likeness (QED) is 0.770. The largest absolute Gasteiger partial charge is 0.292 e. The average molecular weight is 327 g/mol. The Hall–Kier alpha value is -0.970. The van der Waals surface area contributed by atoms with E-state index in [1.807, 2.05) is 31.2 Å². The van der Waals surface area contributed by atoms with E-state index in [0.29, 0.717) is 15.0 Å².